The number of carbonyl (C=O) groups is 5. The van der Waals surface area contributed by atoms with E-state index >= 15 is 0 Å². The summed E-state index contributed by atoms with van der Waals surface area (Å²) in [6.45, 7) is 2.07. The fraction of sp³-hybridized carbons (Fsp3) is 0.275. The van der Waals surface area contributed by atoms with Crippen molar-refractivity contribution in [3.05, 3.63) is 119 Å². The number of nitrogens with zero attached hydrogens (tertiary/aromatic N) is 1. The van der Waals surface area contributed by atoms with Gasteiger partial charge in [-0.2, -0.15) is 13.2 Å². The van der Waals surface area contributed by atoms with Crippen molar-refractivity contribution in [2.24, 2.45) is 0 Å². The summed E-state index contributed by atoms with van der Waals surface area (Å²) in [5, 5.41) is 2.57. The summed E-state index contributed by atoms with van der Waals surface area (Å²) in [5.74, 6) is -4.33. The van der Waals surface area contributed by atoms with E-state index in [0.717, 1.165) is 12.1 Å². The number of ether oxygens (including phenoxy) is 4. The minimum Gasteiger partial charge on any atom is -0.496 e. The predicted octanol–water partition coefficient (Wildman–Crippen LogP) is 6.49. The minimum atomic E-state index is -4.73. The van der Waals surface area contributed by atoms with Crippen LogP contribution in [0, 0.1) is 0 Å². The van der Waals surface area contributed by atoms with E-state index in [1.807, 2.05) is 0 Å². The number of methoxy groups -OCH3 is 1. The molecule has 0 unspecified atom stereocenters. The van der Waals surface area contributed by atoms with Crippen LogP contribution in [0.2, 0.25) is 0 Å². The lowest BCUT2D eigenvalue weighted by Gasteiger charge is -2.30. The molecule has 0 fully saturated rings. The Morgan fingerprint density at radius 2 is 1.37 bits per heavy atom. The zero-order chi connectivity index (χ0) is 39.6. The molecule has 0 saturated carbocycles. The van der Waals surface area contributed by atoms with Crippen molar-refractivity contribution >= 4 is 35.4 Å². The van der Waals surface area contributed by atoms with Crippen LogP contribution in [0.3, 0.4) is 0 Å². The summed E-state index contributed by atoms with van der Waals surface area (Å²) >= 11 is 0. The van der Waals surface area contributed by atoms with Crippen LogP contribution in [0.5, 0.6) is 5.75 Å². The topological polar surface area (TPSA) is 138 Å². The number of benzene rings is 4. The van der Waals surface area contributed by atoms with Gasteiger partial charge in [-0.15, -0.1) is 0 Å². The average molecular weight is 749 g/mol. The van der Waals surface area contributed by atoms with E-state index < -0.39 is 59.9 Å². The van der Waals surface area contributed by atoms with Crippen molar-refractivity contribution in [2.45, 2.75) is 31.9 Å². The number of hydrogen-bond acceptors (Lipinski definition) is 9. The van der Waals surface area contributed by atoms with Crippen LogP contribution in [-0.4, -0.2) is 75.6 Å². The number of carbonyl (C=O) groups excluding carboxylic acids is 5. The number of amides is 2. The van der Waals surface area contributed by atoms with Crippen molar-refractivity contribution < 1.29 is 56.1 Å². The molecular weight excluding hydrogens is 709 g/mol. The second-order valence-electron chi connectivity index (χ2n) is 12.0. The standard InChI is InChI=1S/C40H39F3N2O9/c1-6-52-37(49)39(38(50)53-7-2,31-15-11-12-16-33(31)51-5)24-54-34(46)22-25-17-20-32(30(21-25)36(48)45(3)4)44-35(47)29-23-27(40(41,42)43)18-19-28(29)26-13-9-8-10-14-26/h8-21,23H,6-7,22,24H2,1-5H3,(H,44,47). The molecule has 4 rings (SSSR count). The zero-order valence-corrected chi connectivity index (χ0v) is 30.2. The molecular formula is C40H39F3N2O9. The SMILES string of the molecule is CCOC(=O)C(COC(=O)Cc1ccc(NC(=O)c2cc(C(F)(F)F)ccc2-c2ccccc2)c(C(=O)N(C)C)c1)(C(=O)OCC)c1ccccc1OC. The van der Waals surface area contributed by atoms with E-state index in [9.17, 15) is 37.1 Å². The summed E-state index contributed by atoms with van der Waals surface area (Å²) in [7, 11) is 4.25. The fourth-order valence-corrected chi connectivity index (χ4v) is 5.61. The Kier molecular flexibility index (Phi) is 13.2. The number of hydrogen-bond donors (Lipinski definition) is 1. The molecule has 1 N–H and O–H groups in total. The lowest BCUT2D eigenvalue weighted by molar-refractivity contribution is -0.170. The molecule has 4 aromatic rings. The number of alkyl halides is 3. The van der Waals surface area contributed by atoms with Gasteiger partial charge in [0.25, 0.3) is 11.8 Å². The number of anilines is 1. The third kappa shape index (κ3) is 9.06. The number of rotatable bonds is 14. The third-order valence-corrected chi connectivity index (χ3v) is 8.26. The van der Waals surface area contributed by atoms with Gasteiger partial charge in [-0.25, -0.2) is 0 Å². The monoisotopic (exact) mass is 748 g/mol. The Morgan fingerprint density at radius 1 is 0.741 bits per heavy atom. The van der Waals surface area contributed by atoms with Gasteiger partial charge in [0.15, 0.2) is 0 Å². The van der Waals surface area contributed by atoms with Crippen molar-refractivity contribution in [2.75, 3.05) is 46.3 Å². The smallest absolute Gasteiger partial charge is 0.416 e. The molecule has 0 spiro atoms. The second kappa shape index (κ2) is 17.6. The first-order valence-corrected chi connectivity index (χ1v) is 16.7. The first kappa shape index (κ1) is 40.6. The molecule has 11 nitrogen and oxygen atoms in total. The van der Waals surface area contributed by atoms with E-state index in [1.54, 1.807) is 56.3 Å². The van der Waals surface area contributed by atoms with E-state index in [2.05, 4.69) is 5.32 Å². The number of halogens is 3. The highest BCUT2D eigenvalue weighted by Crippen LogP contribution is 2.36. The number of para-hydroxylation sites is 1. The number of esters is 3. The van der Waals surface area contributed by atoms with Crippen LogP contribution in [0.15, 0.2) is 91.0 Å². The minimum absolute atomic E-state index is 0.0351. The highest BCUT2D eigenvalue weighted by atomic mass is 19.4. The van der Waals surface area contributed by atoms with Gasteiger partial charge in [-0.05, 0) is 60.9 Å². The lowest BCUT2D eigenvalue weighted by Crippen LogP contribution is -2.50. The van der Waals surface area contributed by atoms with E-state index in [4.69, 9.17) is 18.9 Å². The lowest BCUT2D eigenvalue weighted by atomic mass is 9.80. The van der Waals surface area contributed by atoms with Crippen LogP contribution in [0.1, 0.15) is 51.3 Å². The molecule has 0 aliphatic heterocycles. The van der Waals surface area contributed by atoms with Crippen LogP contribution in [0.4, 0.5) is 18.9 Å². The first-order valence-electron chi connectivity index (χ1n) is 16.7. The fourth-order valence-electron chi connectivity index (χ4n) is 5.61. The average Bonchev–Trinajstić information content (AvgIpc) is 3.15. The van der Waals surface area contributed by atoms with Gasteiger partial charge in [0, 0.05) is 25.2 Å². The maximum absolute atomic E-state index is 13.7. The molecule has 2 amide bonds. The van der Waals surface area contributed by atoms with E-state index in [1.165, 1.54) is 62.5 Å². The highest BCUT2D eigenvalue weighted by molar-refractivity contribution is 6.12. The summed E-state index contributed by atoms with van der Waals surface area (Å²) < 4.78 is 62.6. The van der Waals surface area contributed by atoms with Gasteiger partial charge in [0.2, 0.25) is 5.41 Å². The zero-order valence-electron chi connectivity index (χ0n) is 30.2. The third-order valence-electron chi connectivity index (χ3n) is 8.26. The Morgan fingerprint density at radius 3 is 1.96 bits per heavy atom. The largest absolute Gasteiger partial charge is 0.496 e. The second-order valence-corrected chi connectivity index (χ2v) is 12.0. The summed E-state index contributed by atoms with van der Waals surface area (Å²) in [5.41, 5.74) is -2.67. The van der Waals surface area contributed by atoms with Crippen LogP contribution in [-0.2, 0) is 46.6 Å². The molecule has 0 aromatic heterocycles. The Bertz CT molecular complexity index is 2000. The summed E-state index contributed by atoms with van der Waals surface area (Å²) in [4.78, 5) is 68.6. The van der Waals surface area contributed by atoms with Gasteiger partial charge in [0.05, 0.1) is 43.6 Å². The maximum Gasteiger partial charge on any atom is 0.416 e. The molecule has 0 radical (unpaired) electrons. The van der Waals surface area contributed by atoms with Crippen LogP contribution >= 0.6 is 0 Å². The van der Waals surface area contributed by atoms with Gasteiger partial charge >= 0.3 is 24.1 Å². The molecule has 0 saturated heterocycles. The van der Waals surface area contributed by atoms with Gasteiger partial charge in [-0.1, -0.05) is 60.7 Å². The van der Waals surface area contributed by atoms with Crippen LogP contribution in [0.25, 0.3) is 11.1 Å². The summed E-state index contributed by atoms with van der Waals surface area (Å²) in [6, 6.07) is 21.4. The van der Waals surface area contributed by atoms with E-state index in [0.29, 0.717) is 5.56 Å². The molecule has 0 bridgehead atoms. The Labute approximate surface area is 310 Å². The van der Waals surface area contributed by atoms with Gasteiger partial charge in [-0.3, -0.25) is 24.0 Å². The Hall–Kier alpha value is -6.18. The molecule has 284 valence electrons. The maximum atomic E-state index is 13.7. The molecule has 0 aliphatic rings. The van der Waals surface area contributed by atoms with E-state index in [-0.39, 0.29) is 52.5 Å². The van der Waals surface area contributed by atoms with Crippen molar-refractivity contribution in [3.8, 4) is 16.9 Å². The molecule has 0 aliphatic carbocycles. The Balaban J connectivity index is 1.67. The quantitative estimate of drug-likeness (QED) is 0.0872. The van der Waals surface area contributed by atoms with Crippen molar-refractivity contribution in [1.82, 2.24) is 4.90 Å². The van der Waals surface area contributed by atoms with Crippen molar-refractivity contribution in [1.29, 1.82) is 0 Å². The van der Waals surface area contributed by atoms with Crippen LogP contribution < -0.4 is 10.1 Å². The summed E-state index contributed by atoms with van der Waals surface area (Å²) in [6.07, 6.45) is -5.19. The molecule has 4 aromatic carbocycles. The number of nitrogens with one attached hydrogen (secondary N) is 1. The first-order chi connectivity index (χ1) is 25.7. The molecule has 14 heteroatoms. The molecule has 54 heavy (non-hydrogen) atoms. The molecule has 0 heterocycles. The van der Waals surface area contributed by atoms with Crippen molar-refractivity contribution in [3.63, 3.8) is 0 Å². The molecule has 0 atom stereocenters. The van der Waals surface area contributed by atoms with Gasteiger partial charge in [0.1, 0.15) is 12.4 Å². The normalized spacial score (nSPS) is 11.3. The van der Waals surface area contributed by atoms with Gasteiger partial charge < -0.3 is 29.2 Å². The highest BCUT2D eigenvalue weighted by Gasteiger charge is 2.54. The predicted molar refractivity (Wildman–Crippen MR) is 192 cm³/mol.